The second-order valence-corrected chi connectivity index (χ2v) is 11.7. The first-order chi connectivity index (χ1) is 17.4. The third-order valence-corrected chi connectivity index (χ3v) is 7.91. The quantitative estimate of drug-likeness (QED) is 0.472. The van der Waals surface area contributed by atoms with E-state index in [1.54, 1.807) is 12.1 Å². The molecule has 0 radical (unpaired) electrons. The zero-order chi connectivity index (χ0) is 27.0. The highest BCUT2D eigenvalue weighted by atomic mass is 32.2. The van der Waals surface area contributed by atoms with Gasteiger partial charge in [-0.1, -0.05) is 6.92 Å². The standard InChI is InChI=1S/C27H33N5O4S/c1-6-36-22-12-9-19(14-18(22)3)21-11-10-20(25(30-21)32-16-17(2)15-27(32,4)5)26(33)31-37(34,35)23-8-7-13-29-24(23)28/h7-14,17H,6,15-16H2,1-5H3,(H2,28,29)(H,31,33)/t17-/m0/s1. The van der Waals surface area contributed by atoms with Crippen molar-refractivity contribution in [1.82, 2.24) is 14.7 Å². The average molecular weight is 524 g/mol. The molecule has 0 unspecified atom stereocenters. The Labute approximate surface area is 218 Å². The van der Waals surface area contributed by atoms with E-state index in [-0.39, 0.29) is 21.8 Å². The lowest BCUT2D eigenvalue weighted by atomic mass is 9.97. The molecule has 1 fully saturated rings. The van der Waals surface area contributed by atoms with Crippen LogP contribution in [0.5, 0.6) is 5.75 Å². The third-order valence-electron chi connectivity index (χ3n) is 6.54. The molecule has 4 rings (SSSR count). The lowest BCUT2D eigenvalue weighted by Gasteiger charge is -2.34. The Morgan fingerprint density at radius 3 is 2.62 bits per heavy atom. The number of hydrogen-bond donors (Lipinski definition) is 2. The summed E-state index contributed by atoms with van der Waals surface area (Å²) in [6.45, 7) is 11.5. The highest BCUT2D eigenvalue weighted by Crippen LogP contribution is 2.38. The van der Waals surface area contributed by atoms with Crippen LogP contribution in [-0.4, -0.2) is 43.0 Å². The van der Waals surface area contributed by atoms with Crippen LogP contribution in [0.4, 0.5) is 11.6 Å². The maximum atomic E-state index is 13.4. The van der Waals surface area contributed by atoms with Crippen LogP contribution in [0, 0.1) is 12.8 Å². The monoisotopic (exact) mass is 523 g/mol. The fourth-order valence-corrected chi connectivity index (χ4v) is 5.99. The van der Waals surface area contributed by atoms with Gasteiger partial charge >= 0.3 is 0 Å². The van der Waals surface area contributed by atoms with E-state index in [2.05, 4.69) is 35.4 Å². The summed E-state index contributed by atoms with van der Waals surface area (Å²) in [5, 5.41) is 0. The summed E-state index contributed by atoms with van der Waals surface area (Å²) < 4.78 is 33.7. The molecule has 9 nitrogen and oxygen atoms in total. The SMILES string of the molecule is CCOc1ccc(-c2ccc(C(=O)NS(=O)(=O)c3cccnc3N)c(N3C[C@@H](C)CC3(C)C)n2)cc1C. The van der Waals surface area contributed by atoms with Crippen molar-refractivity contribution in [2.24, 2.45) is 5.92 Å². The number of hydrogen-bond acceptors (Lipinski definition) is 8. The van der Waals surface area contributed by atoms with Crippen LogP contribution in [0.25, 0.3) is 11.3 Å². The number of rotatable bonds is 7. The minimum absolute atomic E-state index is 0.166. The number of benzene rings is 1. The van der Waals surface area contributed by atoms with Gasteiger partial charge in [-0.25, -0.2) is 23.1 Å². The van der Waals surface area contributed by atoms with Crippen LogP contribution in [-0.2, 0) is 10.0 Å². The predicted octanol–water partition coefficient (Wildman–Crippen LogP) is 4.18. The van der Waals surface area contributed by atoms with Crippen molar-refractivity contribution in [3.8, 4) is 17.0 Å². The fraction of sp³-hybridized carbons (Fsp3) is 0.370. The van der Waals surface area contributed by atoms with E-state index in [1.807, 2.05) is 32.0 Å². The smallest absolute Gasteiger partial charge is 0.268 e. The highest BCUT2D eigenvalue weighted by molar-refractivity contribution is 7.90. The molecule has 0 spiro atoms. The number of pyridine rings is 2. The Kier molecular flexibility index (Phi) is 7.14. The van der Waals surface area contributed by atoms with Gasteiger partial charge in [0.2, 0.25) is 0 Å². The van der Waals surface area contributed by atoms with E-state index in [4.69, 9.17) is 15.5 Å². The summed E-state index contributed by atoms with van der Waals surface area (Å²) in [5.41, 5.74) is 8.16. The van der Waals surface area contributed by atoms with E-state index in [1.165, 1.54) is 18.3 Å². The number of nitrogens with one attached hydrogen (secondary N) is 1. The largest absolute Gasteiger partial charge is 0.494 e. The summed E-state index contributed by atoms with van der Waals surface area (Å²) in [5.74, 6) is 0.650. The zero-order valence-corrected chi connectivity index (χ0v) is 22.6. The van der Waals surface area contributed by atoms with Crippen molar-refractivity contribution >= 4 is 27.6 Å². The van der Waals surface area contributed by atoms with E-state index < -0.39 is 15.9 Å². The van der Waals surface area contributed by atoms with Gasteiger partial charge in [0.25, 0.3) is 15.9 Å². The van der Waals surface area contributed by atoms with Crippen LogP contribution in [0.15, 0.2) is 53.6 Å². The number of sulfonamides is 1. The number of nitrogen functional groups attached to an aromatic ring is 1. The molecule has 1 aromatic carbocycles. The maximum Gasteiger partial charge on any atom is 0.268 e. The number of ether oxygens (including phenoxy) is 1. The van der Waals surface area contributed by atoms with Crippen LogP contribution >= 0.6 is 0 Å². The molecule has 3 aromatic rings. The first-order valence-electron chi connectivity index (χ1n) is 12.2. The van der Waals surface area contributed by atoms with Crippen molar-refractivity contribution in [3.63, 3.8) is 0 Å². The molecule has 3 heterocycles. The van der Waals surface area contributed by atoms with Gasteiger partial charge in [-0.2, -0.15) is 0 Å². The average Bonchev–Trinajstić information content (AvgIpc) is 3.11. The minimum Gasteiger partial charge on any atom is -0.494 e. The molecule has 1 saturated heterocycles. The van der Waals surface area contributed by atoms with Crippen molar-refractivity contribution in [1.29, 1.82) is 0 Å². The Morgan fingerprint density at radius 2 is 2.00 bits per heavy atom. The minimum atomic E-state index is -4.24. The van der Waals surface area contributed by atoms with Gasteiger partial charge < -0.3 is 15.4 Å². The number of nitrogens with zero attached hydrogens (tertiary/aromatic N) is 3. The molecule has 196 valence electrons. The lowest BCUT2D eigenvalue weighted by Crippen LogP contribution is -2.41. The molecule has 0 aliphatic carbocycles. The summed E-state index contributed by atoms with van der Waals surface area (Å²) >= 11 is 0. The molecule has 10 heteroatoms. The Balaban J connectivity index is 1.77. The molecular weight excluding hydrogens is 490 g/mol. The van der Waals surface area contributed by atoms with Gasteiger partial charge in [-0.3, -0.25) is 4.79 Å². The van der Waals surface area contributed by atoms with Gasteiger partial charge in [-0.05, 0) is 88.1 Å². The number of aryl methyl sites for hydroxylation is 1. The molecule has 1 atom stereocenters. The fourth-order valence-electron chi connectivity index (χ4n) is 4.94. The van der Waals surface area contributed by atoms with Crippen LogP contribution in [0.1, 0.15) is 50.0 Å². The molecule has 2 aromatic heterocycles. The molecular formula is C27H33N5O4S. The topological polar surface area (TPSA) is 128 Å². The summed E-state index contributed by atoms with van der Waals surface area (Å²) in [7, 11) is -4.24. The molecule has 1 aliphatic heterocycles. The van der Waals surface area contributed by atoms with Crippen LogP contribution in [0.3, 0.4) is 0 Å². The Bertz CT molecular complexity index is 1440. The molecule has 0 saturated carbocycles. The van der Waals surface area contributed by atoms with Crippen molar-refractivity contribution in [3.05, 3.63) is 59.8 Å². The molecule has 0 bridgehead atoms. The maximum absolute atomic E-state index is 13.4. The number of carbonyl (C=O) groups is 1. The van der Waals surface area contributed by atoms with Gasteiger partial charge in [0.05, 0.1) is 17.9 Å². The van der Waals surface area contributed by atoms with E-state index in [0.717, 1.165) is 23.3 Å². The zero-order valence-electron chi connectivity index (χ0n) is 21.8. The number of aromatic nitrogens is 2. The number of nitrogens with two attached hydrogens (primary N) is 1. The van der Waals surface area contributed by atoms with Crippen molar-refractivity contribution in [2.75, 3.05) is 23.8 Å². The summed E-state index contributed by atoms with van der Waals surface area (Å²) in [4.78, 5) is 24.0. The van der Waals surface area contributed by atoms with E-state index in [9.17, 15) is 13.2 Å². The summed E-state index contributed by atoms with van der Waals surface area (Å²) in [6, 6.07) is 11.9. The lowest BCUT2D eigenvalue weighted by molar-refractivity contribution is 0.0981. The molecule has 37 heavy (non-hydrogen) atoms. The second-order valence-electron chi connectivity index (χ2n) is 10.0. The third kappa shape index (κ3) is 5.39. The Hall–Kier alpha value is -3.66. The summed E-state index contributed by atoms with van der Waals surface area (Å²) in [6.07, 6.45) is 2.29. The molecule has 1 aliphatic rings. The van der Waals surface area contributed by atoms with Gasteiger partial charge in [-0.15, -0.1) is 0 Å². The number of anilines is 2. The highest BCUT2D eigenvalue weighted by Gasteiger charge is 2.39. The van der Waals surface area contributed by atoms with Gasteiger partial charge in [0, 0.05) is 23.8 Å². The number of amides is 1. The molecule has 1 amide bonds. The van der Waals surface area contributed by atoms with Crippen LogP contribution in [0.2, 0.25) is 0 Å². The normalized spacial score (nSPS) is 17.0. The predicted molar refractivity (Wildman–Crippen MR) is 144 cm³/mol. The van der Waals surface area contributed by atoms with Crippen molar-refractivity contribution < 1.29 is 17.9 Å². The first-order valence-corrected chi connectivity index (χ1v) is 13.7. The van der Waals surface area contributed by atoms with E-state index >= 15 is 0 Å². The van der Waals surface area contributed by atoms with Gasteiger partial charge in [0.1, 0.15) is 22.3 Å². The number of carbonyl (C=O) groups excluding carboxylic acids is 1. The first kappa shape index (κ1) is 26.4. The van der Waals surface area contributed by atoms with Crippen LogP contribution < -0.4 is 20.1 Å². The second kappa shape index (κ2) is 10.0. The Morgan fingerprint density at radius 1 is 1.24 bits per heavy atom. The van der Waals surface area contributed by atoms with Crippen molar-refractivity contribution in [2.45, 2.75) is 51.5 Å². The van der Waals surface area contributed by atoms with Gasteiger partial charge in [0.15, 0.2) is 0 Å². The molecule has 3 N–H and O–H groups in total. The van der Waals surface area contributed by atoms with E-state index in [0.29, 0.717) is 30.6 Å².